The fourth-order valence-corrected chi connectivity index (χ4v) is 2.74. The van der Waals surface area contributed by atoms with Gasteiger partial charge in [0.15, 0.2) is 0 Å². The second kappa shape index (κ2) is 8.60. The maximum atomic E-state index is 12.2. The highest BCUT2D eigenvalue weighted by Gasteiger charge is 2.27. The standard InChI is InChI=1S/C20H19F3N6O/c21-20(22,23)12-27-19(30)28-15-4-1-3-14(9-15)17-11-26-18-10-13(6-8-29(17)18)16(25)5-2-7-24/h1-11H,12,24-25H2,(H2,27,28,30)/b7-2-,16-5-. The highest BCUT2D eigenvalue weighted by atomic mass is 19.4. The molecule has 0 aliphatic rings. The normalized spacial score (nSPS) is 12.4. The van der Waals surface area contributed by atoms with Crippen LogP contribution in [0.25, 0.3) is 22.6 Å². The molecule has 0 atom stereocenters. The number of benzene rings is 1. The number of fused-ring (bicyclic) bond motifs is 1. The van der Waals surface area contributed by atoms with Gasteiger partial charge in [0.1, 0.15) is 12.2 Å². The SMILES string of the molecule is N/C=C\C=C(/N)c1ccn2c(-c3cccc(NC(=O)NCC(F)(F)F)c3)cnc2c1. The van der Waals surface area contributed by atoms with Crippen molar-refractivity contribution in [2.75, 3.05) is 11.9 Å². The van der Waals surface area contributed by atoms with E-state index in [9.17, 15) is 18.0 Å². The molecule has 0 unspecified atom stereocenters. The van der Waals surface area contributed by atoms with Crippen LogP contribution in [0.1, 0.15) is 5.56 Å². The molecular formula is C20H19F3N6O. The van der Waals surface area contributed by atoms with Crippen molar-refractivity contribution < 1.29 is 18.0 Å². The van der Waals surface area contributed by atoms with E-state index in [0.717, 1.165) is 16.8 Å². The quantitative estimate of drug-likeness (QED) is 0.478. The number of nitrogens with one attached hydrogen (secondary N) is 2. The summed E-state index contributed by atoms with van der Waals surface area (Å²) in [6.45, 7) is -1.41. The van der Waals surface area contributed by atoms with E-state index in [1.54, 1.807) is 54.1 Å². The molecule has 0 aliphatic heterocycles. The topological polar surface area (TPSA) is 110 Å². The zero-order valence-electron chi connectivity index (χ0n) is 15.6. The molecular weight excluding hydrogens is 397 g/mol. The number of aromatic nitrogens is 2. The third kappa shape index (κ3) is 5.10. The predicted octanol–water partition coefficient (Wildman–Crippen LogP) is 3.46. The smallest absolute Gasteiger partial charge is 0.405 e. The lowest BCUT2D eigenvalue weighted by Gasteiger charge is -2.11. The molecule has 156 valence electrons. The van der Waals surface area contributed by atoms with Crippen molar-refractivity contribution in [3.8, 4) is 11.3 Å². The molecule has 6 N–H and O–H groups in total. The molecule has 0 bridgehead atoms. The van der Waals surface area contributed by atoms with Crippen LogP contribution in [0.5, 0.6) is 0 Å². The fraction of sp³-hybridized carbons (Fsp3) is 0.100. The molecule has 30 heavy (non-hydrogen) atoms. The Balaban J connectivity index is 1.82. The summed E-state index contributed by atoms with van der Waals surface area (Å²) in [5.74, 6) is 0. The van der Waals surface area contributed by atoms with Gasteiger partial charge < -0.3 is 22.1 Å². The first-order valence-corrected chi connectivity index (χ1v) is 8.80. The first kappa shape index (κ1) is 20.8. The molecule has 2 aromatic heterocycles. The molecule has 10 heteroatoms. The van der Waals surface area contributed by atoms with Crippen LogP contribution in [0.2, 0.25) is 0 Å². The fourth-order valence-electron chi connectivity index (χ4n) is 2.74. The highest BCUT2D eigenvalue weighted by Crippen LogP contribution is 2.25. The second-order valence-electron chi connectivity index (χ2n) is 6.30. The number of hydrogen-bond acceptors (Lipinski definition) is 4. The number of allylic oxidation sites excluding steroid dienone is 2. The van der Waals surface area contributed by atoms with E-state index in [1.807, 2.05) is 16.5 Å². The van der Waals surface area contributed by atoms with Crippen LogP contribution in [-0.2, 0) is 0 Å². The molecule has 2 amide bonds. The van der Waals surface area contributed by atoms with Gasteiger partial charge >= 0.3 is 12.2 Å². The van der Waals surface area contributed by atoms with Crippen LogP contribution in [-0.4, -0.2) is 28.1 Å². The van der Waals surface area contributed by atoms with E-state index >= 15 is 0 Å². The summed E-state index contributed by atoms with van der Waals surface area (Å²) in [5, 5.41) is 4.15. The minimum absolute atomic E-state index is 0.347. The number of hydrogen-bond donors (Lipinski definition) is 4. The molecule has 0 fully saturated rings. The molecule has 2 heterocycles. The summed E-state index contributed by atoms with van der Waals surface area (Å²) in [5.41, 5.74) is 15.1. The summed E-state index contributed by atoms with van der Waals surface area (Å²) in [4.78, 5) is 16.1. The summed E-state index contributed by atoms with van der Waals surface area (Å²) >= 11 is 0. The van der Waals surface area contributed by atoms with Gasteiger partial charge in [-0.15, -0.1) is 0 Å². The van der Waals surface area contributed by atoms with Gasteiger partial charge in [-0.25, -0.2) is 9.78 Å². The Morgan fingerprint density at radius 2 is 2.03 bits per heavy atom. The predicted molar refractivity (Wildman–Crippen MR) is 109 cm³/mol. The average molecular weight is 416 g/mol. The van der Waals surface area contributed by atoms with Gasteiger partial charge in [-0.2, -0.15) is 13.2 Å². The minimum atomic E-state index is -4.48. The molecule has 0 aliphatic carbocycles. The monoisotopic (exact) mass is 416 g/mol. The molecule has 0 saturated carbocycles. The molecule has 7 nitrogen and oxygen atoms in total. The number of amides is 2. The van der Waals surface area contributed by atoms with E-state index in [0.29, 0.717) is 17.0 Å². The number of pyridine rings is 1. The molecule has 0 radical (unpaired) electrons. The first-order valence-electron chi connectivity index (χ1n) is 8.80. The van der Waals surface area contributed by atoms with Crippen molar-refractivity contribution >= 4 is 23.1 Å². The maximum absolute atomic E-state index is 12.2. The van der Waals surface area contributed by atoms with Gasteiger partial charge in [-0.3, -0.25) is 4.40 Å². The molecule has 1 aromatic carbocycles. The van der Waals surface area contributed by atoms with Crippen molar-refractivity contribution in [3.05, 3.63) is 72.7 Å². The molecule has 3 aromatic rings. The van der Waals surface area contributed by atoms with Gasteiger partial charge in [0.25, 0.3) is 0 Å². The Hall–Kier alpha value is -3.95. The Labute approximate surface area is 169 Å². The van der Waals surface area contributed by atoms with Crippen LogP contribution >= 0.6 is 0 Å². The maximum Gasteiger partial charge on any atom is 0.405 e. The Kier molecular flexibility index (Phi) is 5.95. The number of imidazole rings is 1. The van der Waals surface area contributed by atoms with Crippen molar-refractivity contribution in [3.63, 3.8) is 0 Å². The van der Waals surface area contributed by atoms with Crippen LogP contribution < -0.4 is 22.1 Å². The number of carbonyl (C=O) groups is 1. The highest BCUT2D eigenvalue weighted by molar-refractivity contribution is 5.90. The van der Waals surface area contributed by atoms with Gasteiger partial charge in [0.2, 0.25) is 0 Å². The minimum Gasteiger partial charge on any atom is -0.405 e. The van der Waals surface area contributed by atoms with Crippen molar-refractivity contribution in [1.29, 1.82) is 0 Å². The third-order valence-corrected chi connectivity index (χ3v) is 4.10. The summed E-state index contributed by atoms with van der Waals surface area (Å²) in [6.07, 6.45) is 3.66. The van der Waals surface area contributed by atoms with Crippen LogP contribution in [0.4, 0.5) is 23.7 Å². The van der Waals surface area contributed by atoms with Crippen LogP contribution in [0.15, 0.2) is 67.1 Å². The lowest BCUT2D eigenvalue weighted by molar-refractivity contribution is -0.122. The number of halogens is 3. The first-order chi connectivity index (χ1) is 14.3. The van der Waals surface area contributed by atoms with Crippen LogP contribution in [0.3, 0.4) is 0 Å². The Morgan fingerprint density at radius 1 is 1.23 bits per heavy atom. The van der Waals surface area contributed by atoms with Crippen molar-refractivity contribution in [1.82, 2.24) is 14.7 Å². The van der Waals surface area contributed by atoms with Gasteiger partial charge in [0.05, 0.1) is 11.9 Å². The average Bonchev–Trinajstić information content (AvgIpc) is 3.13. The molecule has 0 spiro atoms. The summed E-state index contributed by atoms with van der Waals surface area (Å²) in [7, 11) is 0. The Morgan fingerprint density at radius 3 is 2.77 bits per heavy atom. The van der Waals surface area contributed by atoms with Gasteiger partial charge in [-0.05, 0) is 42.6 Å². The number of anilines is 1. The Bertz CT molecular complexity index is 1120. The van der Waals surface area contributed by atoms with E-state index in [4.69, 9.17) is 11.5 Å². The third-order valence-electron chi connectivity index (χ3n) is 4.10. The lowest BCUT2D eigenvalue weighted by Crippen LogP contribution is -2.36. The van der Waals surface area contributed by atoms with E-state index in [-0.39, 0.29) is 0 Å². The lowest BCUT2D eigenvalue weighted by atomic mass is 10.1. The number of carbonyl (C=O) groups excluding carboxylic acids is 1. The van der Waals surface area contributed by atoms with Crippen LogP contribution in [0, 0.1) is 0 Å². The summed E-state index contributed by atoms with van der Waals surface area (Å²) < 4.78 is 38.5. The second-order valence-corrected chi connectivity index (χ2v) is 6.30. The van der Waals surface area contributed by atoms with Crippen molar-refractivity contribution in [2.24, 2.45) is 11.5 Å². The zero-order chi connectivity index (χ0) is 21.7. The number of alkyl halides is 3. The van der Waals surface area contributed by atoms with E-state index < -0.39 is 18.8 Å². The number of urea groups is 1. The zero-order valence-corrected chi connectivity index (χ0v) is 15.6. The number of nitrogens with zero attached hydrogens (tertiary/aromatic N) is 2. The van der Waals surface area contributed by atoms with Gasteiger partial charge in [0, 0.05) is 28.7 Å². The molecule has 3 rings (SSSR count). The van der Waals surface area contributed by atoms with E-state index in [1.165, 1.54) is 6.20 Å². The summed E-state index contributed by atoms with van der Waals surface area (Å²) in [6, 6.07) is 9.40. The largest absolute Gasteiger partial charge is 0.405 e. The van der Waals surface area contributed by atoms with E-state index in [2.05, 4.69) is 10.3 Å². The number of nitrogens with two attached hydrogens (primary N) is 2. The van der Waals surface area contributed by atoms with Crippen molar-refractivity contribution in [2.45, 2.75) is 6.18 Å². The number of rotatable bonds is 5. The van der Waals surface area contributed by atoms with Gasteiger partial charge in [-0.1, -0.05) is 12.1 Å². The molecule has 0 saturated heterocycles.